The van der Waals surface area contributed by atoms with Crippen molar-refractivity contribution >= 4 is 38.5 Å². The molecular formula is C19H16BrN3O3S. The van der Waals surface area contributed by atoms with Crippen molar-refractivity contribution in [2.45, 2.75) is 11.5 Å². The number of methoxy groups -OCH3 is 1. The number of carbonyl (C=O) groups excluding carboxylic acids is 1. The van der Waals surface area contributed by atoms with Crippen LogP contribution < -0.4 is 10.1 Å². The molecule has 0 fully saturated rings. The third-order valence-corrected chi connectivity index (χ3v) is 6.23. The lowest BCUT2D eigenvalue weighted by molar-refractivity contribution is 0.102. The van der Waals surface area contributed by atoms with Crippen LogP contribution in [0.15, 0.2) is 53.0 Å². The molecule has 27 heavy (non-hydrogen) atoms. The van der Waals surface area contributed by atoms with E-state index in [0.29, 0.717) is 27.4 Å². The molecule has 0 spiro atoms. The van der Waals surface area contributed by atoms with Crippen LogP contribution in [0.4, 0.5) is 5.82 Å². The number of hydrogen-bond acceptors (Lipinski definition) is 4. The number of halogens is 1. The molecule has 1 aliphatic rings. The van der Waals surface area contributed by atoms with Crippen molar-refractivity contribution in [2.24, 2.45) is 0 Å². The zero-order valence-electron chi connectivity index (χ0n) is 14.4. The lowest BCUT2D eigenvalue weighted by Gasteiger charge is -2.12. The van der Waals surface area contributed by atoms with E-state index in [4.69, 9.17) is 4.74 Å². The Morgan fingerprint density at radius 1 is 1.19 bits per heavy atom. The number of nitrogens with one attached hydrogen (secondary N) is 1. The van der Waals surface area contributed by atoms with E-state index in [2.05, 4.69) is 26.3 Å². The van der Waals surface area contributed by atoms with Gasteiger partial charge in [0.2, 0.25) is 0 Å². The molecule has 1 amide bonds. The number of rotatable bonds is 4. The second-order valence-corrected chi connectivity index (χ2v) is 8.36. The fourth-order valence-electron chi connectivity index (χ4n) is 2.99. The van der Waals surface area contributed by atoms with Crippen LogP contribution >= 0.6 is 15.9 Å². The smallest absolute Gasteiger partial charge is 0.257 e. The van der Waals surface area contributed by atoms with Crippen molar-refractivity contribution in [3.8, 4) is 11.4 Å². The molecular weight excluding hydrogens is 430 g/mol. The molecule has 0 radical (unpaired) electrons. The van der Waals surface area contributed by atoms with Crippen molar-refractivity contribution in [1.29, 1.82) is 0 Å². The Bertz CT molecular complexity index is 1050. The molecule has 0 aliphatic carbocycles. The Morgan fingerprint density at radius 2 is 1.93 bits per heavy atom. The maximum Gasteiger partial charge on any atom is 0.257 e. The largest absolute Gasteiger partial charge is 0.497 e. The number of anilines is 1. The fourth-order valence-corrected chi connectivity index (χ4v) is 4.72. The summed E-state index contributed by atoms with van der Waals surface area (Å²) in [6.45, 7) is 0. The van der Waals surface area contributed by atoms with Gasteiger partial charge >= 0.3 is 0 Å². The topological polar surface area (TPSA) is 73.2 Å². The van der Waals surface area contributed by atoms with E-state index in [1.807, 2.05) is 36.4 Å². The van der Waals surface area contributed by atoms with Gasteiger partial charge in [-0.1, -0.05) is 12.1 Å². The summed E-state index contributed by atoms with van der Waals surface area (Å²) in [5, 5.41) is 7.55. The van der Waals surface area contributed by atoms with Crippen LogP contribution in [0.1, 0.15) is 21.6 Å². The minimum atomic E-state index is -0.988. The van der Waals surface area contributed by atoms with Gasteiger partial charge in [0, 0.05) is 20.8 Å². The minimum Gasteiger partial charge on any atom is -0.497 e. The highest BCUT2D eigenvalue weighted by Crippen LogP contribution is 2.32. The molecule has 0 bridgehead atoms. The number of aromatic nitrogens is 2. The van der Waals surface area contributed by atoms with Gasteiger partial charge in [-0.15, -0.1) is 0 Å². The first-order chi connectivity index (χ1) is 13.1. The Kier molecular flexibility index (Phi) is 4.84. The second-order valence-electron chi connectivity index (χ2n) is 6.05. The maximum absolute atomic E-state index is 12.8. The quantitative estimate of drug-likeness (QED) is 0.664. The first kappa shape index (κ1) is 17.9. The standard InChI is InChI=1S/C19H16BrN3O3S/c1-26-13-8-6-12(7-9-13)23-18(15-10-27(25)11-17(15)22-23)21-19(24)14-4-2-3-5-16(14)20/h2-9H,10-11H2,1H3,(H,21,24)/t27-/m0/s1. The predicted octanol–water partition coefficient (Wildman–Crippen LogP) is 3.66. The number of amides is 1. The molecule has 0 saturated carbocycles. The summed E-state index contributed by atoms with van der Waals surface area (Å²) in [5.74, 6) is 1.82. The summed E-state index contributed by atoms with van der Waals surface area (Å²) in [4.78, 5) is 12.8. The van der Waals surface area contributed by atoms with Crippen molar-refractivity contribution in [3.63, 3.8) is 0 Å². The summed E-state index contributed by atoms with van der Waals surface area (Å²) in [7, 11) is 0.619. The van der Waals surface area contributed by atoms with Crippen molar-refractivity contribution in [3.05, 3.63) is 69.8 Å². The molecule has 1 N–H and O–H groups in total. The molecule has 1 atom stereocenters. The molecule has 0 saturated heterocycles. The SMILES string of the molecule is COc1ccc(-n2nc3c(c2NC(=O)c2ccccc2Br)C[S@](=O)C3)cc1. The first-order valence-electron chi connectivity index (χ1n) is 8.23. The van der Waals surface area contributed by atoms with Crippen LogP contribution in [0.2, 0.25) is 0 Å². The lowest BCUT2D eigenvalue weighted by Crippen LogP contribution is -2.17. The second kappa shape index (κ2) is 7.28. The molecule has 4 rings (SSSR count). The summed E-state index contributed by atoms with van der Waals surface area (Å²) in [6.07, 6.45) is 0. The number of fused-ring (bicyclic) bond motifs is 1. The van der Waals surface area contributed by atoms with Crippen LogP contribution in [-0.2, 0) is 22.3 Å². The van der Waals surface area contributed by atoms with Gasteiger partial charge in [-0.3, -0.25) is 9.00 Å². The third kappa shape index (κ3) is 3.42. The van der Waals surface area contributed by atoms with Crippen molar-refractivity contribution in [2.75, 3.05) is 12.4 Å². The predicted molar refractivity (Wildman–Crippen MR) is 108 cm³/mol. The Balaban J connectivity index is 1.75. The number of benzene rings is 2. The van der Waals surface area contributed by atoms with Gasteiger partial charge in [0.25, 0.3) is 5.91 Å². The molecule has 2 heterocycles. The van der Waals surface area contributed by atoms with E-state index in [1.54, 1.807) is 23.9 Å². The van der Waals surface area contributed by atoms with Gasteiger partial charge < -0.3 is 10.1 Å². The van der Waals surface area contributed by atoms with Gasteiger partial charge in [-0.25, -0.2) is 4.68 Å². The van der Waals surface area contributed by atoms with Crippen LogP contribution in [0.5, 0.6) is 5.75 Å². The normalized spacial score (nSPS) is 15.4. The van der Waals surface area contributed by atoms with Crippen LogP contribution in [0.25, 0.3) is 5.69 Å². The van der Waals surface area contributed by atoms with Crippen LogP contribution in [0.3, 0.4) is 0 Å². The summed E-state index contributed by atoms with van der Waals surface area (Å²) in [6, 6.07) is 14.6. The summed E-state index contributed by atoms with van der Waals surface area (Å²) < 4.78 is 19.6. The number of carbonyl (C=O) groups is 1. The Labute approximate surface area is 167 Å². The van der Waals surface area contributed by atoms with Gasteiger partial charge in [0.05, 0.1) is 35.6 Å². The molecule has 3 aromatic rings. The summed E-state index contributed by atoms with van der Waals surface area (Å²) >= 11 is 3.41. The zero-order chi connectivity index (χ0) is 19.0. The van der Waals surface area contributed by atoms with E-state index in [1.165, 1.54) is 0 Å². The van der Waals surface area contributed by atoms with Crippen molar-refractivity contribution < 1.29 is 13.7 Å². The van der Waals surface area contributed by atoms with E-state index in [9.17, 15) is 9.00 Å². The highest BCUT2D eigenvalue weighted by molar-refractivity contribution is 9.10. The number of hydrogen-bond donors (Lipinski definition) is 1. The molecule has 8 heteroatoms. The van der Waals surface area contributed by atoms with Gasteiger partial charge in [0.1, 0.15) is 11.6 Å². The molecule has 0 unspecified atom stereocenters. The zero-order valence-corrected chi connectivity index (χ0v) is 16.8. The van der Waals surface area contributed by atoms with E-state index in [-0.39, 0.29) is 5.91 Å². The summed E-state index contributed by atoms with van der Waals surface area (Å²) in [5.41, 5.74) is 2.89. The molecule has 1 aliphatic heterocycles. The fraction of sp³-hybridized carbons (Fsp3) is 0.158. The molecule has 138 valence electrons. The Morgan fingerprint density at radius 3 is 2.63 bits per heavy atom. The molecule has 2 aromatic carbocycles. The number of nitrogens with zero attached hydrogens (tertiary/aromatic N) is 2. The van der Waals surface area contributed by atoms with Crippen LogP contribution in [0, 0.1) is 0 Å². The van der Waals surface area contributed by atoms with Gasteiger partial charge in [0.15, 0.2) is 0 Å². The molecule has 6 nitrogen and oxygen atoms in total. The monoisotopic (exact) mass is 445 g/mol. The average molecular weight is 446 g/mol. The van der Waals surface area contributed by atoms with E-state index >= 15 is 0 Å². The van der Waals surface area contributed by atoms with Gasteiger partial charge in [-0.2, -0.15) is 5.10 Å². The number of ether oxygens (including phenoxy) is 1. The van der Waals surface area contributed by atoms with Crippen molar-refractivity contribution in [1.82, 2.24) is 9.78 Å². The first-order valence-corrected chi connectivity index (χ1v) is 10.5. The third-order valence-electron chi connectivity index (χ3n) is 4.34. The average Bonchev–Trinajstić information content (AvgIpc) is 3.19. The molecule has 1 aromatic heterocycles. The highest BCUT2D eigenvalue weighted by Gasteiger charge is 2.28. The van der Waals surface area contributed by atoms with Gasteiger partial charge in [-0.05, 0) is 52.3 Å². The van der Waals surface area contributed by atoms with Crippen LogP contribution in [-0.4, -0.2) is 27.0 Å². The highest BCUT2D eigenvalue weighted by atomic mass is 79.9. The minimum absolute atomic E-state index is 0.252. The van der Waals surface area contributed by atoms with E-state index < -0.39 is 10.8 Å². The van der Waals surface area contributed by atoms with E-state index in [0.717, 1.165) is 22.7 Å². The Hall–Kier alpha value is -2.45. The maximum atomic E-state index is 12.8. The lowest BCUT2D eigenvalue weighted by atomic mass is 10.2.